The first-order valence-corrected chi connectivity index (χ1v) is 14.6. The van der Waals surface area contributed by atoms with Gasteiger partial charge in [-0.1, -0.05) is 55.0 Å². The van der Waals surface area contributed by atoms with Crippen LogP contribution in [0.2, 0.25) is 0 Å². The summed E-state index contributed by atoms with van der Waals surface area (Å²) in [6, 6.07) is 29.0. The molecule has 0 saturated heterocycles. The maximum atomic E-state index is 6.71. The average Bonchev–Trinajstić information content (AvgIpc) is 3.06. The van der Waals surface area contributed by atoms with Gasteiger partial charge in [-0.3, -0.25) is 0 Å². The second-order valence-corrected chi connectivity index (χ2v) is 10.7. The van der Waals surface area contributed by atoms with Gasteiger partial charge >= 0.3 is 0 Å². The Bertz CT molecular complexity index is 1610. The third kappa shape index (κ3) is 4.90. The molecule has 5 aromatic rings. The van der Waals surface area contributed by atoms with Crippen LogP contribution in [0, 0.1) is 0 Å². The summed E-state index contributed by atoms with van der Waals surface area (Å²) in [5.41, 5.74) is 5.14. The van der Waals surface area contributed by atoms with Gasteiger partial charge in [0.25, 0.3) is 0 Å². The number of benzene rings is 4. The zero-order chi connectivity index (χ0) is 29.1. The molecule has 1 aliphatic rings. The quantitative estimate of drug-likeness (QED) is 0.136. The van der Waals surface area contributed by atoms with Crippen LogP contribution < -0.4 is 23.5 Å². The first kappa shape index (κ1) is 27.9. The van der Waals surface area contributed by atoms with E-state index in [-0.39, 0.29) is 12.1 Å². The molecule has 0 spiro atoms. The smallest absolute Gasteiger partial charge is 0.217 e. The lowest BCUT2D eigenvalue weighted by Gasteiger charge is -2.30. The molecule has 4 aromatic carbocycles. The lowest BCUT2D eigenvalue weighted by molar-refractivity contribution is -0.685. The van der Waals surface area contributed by atoms with Crippen LogP contribution in [-0.4, -0.2) is 34.5 Å². The molecule has 0 amide bonds. The van der Waals surface area contributed by atoms with Crippen molar-refractivity contribution < 1.29 is 28.3 Å². The summed E-state index contributed by atoms with van der Waals surface area (Å²) in [5.74, 6) is 2.98. The maximum Gasteiger partial charge on any atom is 0.217 e. The summed E-state index contributed by atoms with van der Waals surface area (Å²) in [5, 5.41) is 1.96. The van der Waals surface area contributed by atoms with E-state index in [1.807, 2.05) is 36.4 Å². The number of fused-ring (bicyclic) bond motifs is 2. The van der Waals surface area contributed by atoms with Gasteiger partial charge in [-0.05, 0) is 42.7 Å². The van der Waals surface area contributed by atoms with E-state index in [2.05, 4.69) is 53.1 Å². The number of methoxy groups -OCH3 is 4. The molecular formula is C36H38NO5+. The molecule has 1 aromatic heterocycles. The van der Waals surface area contributed by atoms with Crippen molar-refractivity contribution in [1.82, 2.24) is 0 Å². The third-order valence-electron chi connectivity index (χ3n) is 8.45. The molecule has 6 nitrogen and oxygen atoms in total. The van der Waals surface area contributed by atoms with Crippen molar-refractivity contribution in [1.29, 1.82) is 0 Å². The van der Waals surface area contributed by atoms with Gasteiger partial charge in [-0.15, -0.1) is 0 Å². The van der Waals surface area contributed by atoms with Crippen LogP contribution in [0.15, 0.2) is 84.9 Å². The maximum absolute atomic E-state index is 6.71. The summed E-state index contributed by atoms with van der Waals surface area (Å²) in [6.07, 6.45) is 4.36. The number of aromatic nitrogens is 1. The SMILES string of the molecule is COc1cccc(OC)c1-c1c2c(OC)cccc2[n+]([C@H]2CCCC[C@@H]2OCc2ccccc2)c2cccc(OC)c12. The van der Waals surface area contributed by atoms with Gasteiger partial charge in [0, 0.05) is 24.1 Å². The van der Waals surface area contributed by atoms with Crippen LogP contribution >= 0.6 is 0 Å². The van der Waals surface area contributed by atoms with E-state index in [1.165, 1.54) is 5.56 Å². The molecule has 0 bridgehead atoms. The van der Waals surface area contributed by atoms with Crippen LogP contribution in [0.25, 0.3) is 32.9 Å². The van der Waals surface area contributed by atoms with Crippen LogP contribution in [0.3, 0.4) is 0 Å². The van der Waals surface area contributed by atoms with Crippen molar-refractivity contribution in [2.45, 2.75) is 44.4 Å². The second kappa shape index (κ2) is 12.3. The number of hydrogen-bond acceptors (Lipinski definition) is 5. The molecule has 1 saturated carbocycles. The molecule has 0 aliphatic heterocycles. The highest BCUT2D eigenvalue weighted by atomic mass is 16.5. The highest BCUT2D eigenvalue weighted by Gasteiger charge is 2.39. The predicted molar refractivity (Wildman–Crippen MR) is 166 cm³/mol. The van der Waals surface area contributed by atoms with E-state index in [0.29, 0.717) is 18.1 Å². The Balaban J connectivity index is 1.68. The van der Waals surface area contributed by atoms with Crippen molar-refractivity contribution in [2.24, 2.45) is 0 Å². The molecule has 0 radical (unpaired) electrons. The Morgan fingerprint density at radius 1 is 0.571 bits per heavy atom. The van der Waals surface area contributed by atoms with E-state index in [0.717, 1.165) is 70.1 Å². The summed E-state index contributed by atoms with van der Waals surface area (Å²) in [6.45, 7) is 0.585. The Labute approximate surface area is 247 Å². The van der Waals surface area contributed by atoms with E-state index in [1.54, 1.807) is 28.4 Å². The fourth-order valence-corrected chi connectivity index (χ4v) is 6.59. The first-order valence-electron chi connectivity index (χ1n) is 14.6. The predicted octanol–water partition coefficient (Wildman–Crippen LogP) is 7.68. The van der Waals surface area contributed by atoms with E-state index in [4.69, 9.17) is 23.7 Å². The van der Waals surface area contributed by atoms with Crippen LogP contribution in [-0.2, 0) is 11.3 Å². The molecule has 6 rings (SSSR count). The molecular weight excluding hydrogens is 526 g/mol. The summed E-state index contributed by atoms with van der Waals surface area (Å²) in [7, 11) is 6.83. The number of hydrogen-bond donors (Lipinski definition) is 0. The molecule has 42 heavy (non-hydrogen) atoms. The van der Waals surface area contributed by atoms with Gasteiger partial charge in [0.2, 0.25) is 11.0 Å². The zero-order valence-electron chi connectivity index (χ0n) is 24.8. The highest BCUT2D eigenvalue weighted by Crippen LogP contribution is 2.49. The lowest BCUT2D eigenvalue weighted by Crippen LogP contribution is -2.49. The Hall–Kier alpha value is -4.29. The Morgan fingerprint density at radius 3 is 1.67 bits per heavy atom. The van der Waals surface area contributed by atoms with E-state index < -0.39 is 0 Å². The van der Waals surface area contributed by atoms with Gasteiger partial charge in [-0.2, -0.15) is 4.57 Å². The molecule has 1 fully saturated rings. The summed E-state index contributed by atoms with van der Waals surface area (Å²) >= 11 is 0. The third-order valence-corrected chi connectivity index (χ3v) is 8.45. The van der Waals surface area contributed by atoms with Crippen molar-refractivity contribution in [3.05, 3.63) is 90.5 Å². The minimum atomic E-state index is 0.0550. The molecule has 0 unspecified atom stereocenters. The first-order chi connectivity index (χ1) is 20.7. The van der Waals surface area contributed by atoms with E-state index >= 15 is 0 Å². The summed E-state index contributed by atoms with van der Waals surface area (Å²) in [4.78, 5) is 0. The highest BCUT2D eigenvalue weighted by molar-refractivity contribution is 6.13. The van der Waals surface area contributed by atoms with E-state index in [9.17, 15) is 0 Å². The van der Waals surface area contributed by atoms with Gasteiger partial charge in [0.15, 0.2) is 6.04 Å². The second-order valence-electron chi connectivity index (χ2n) is 10.7. The number of pyridine rings is 1. The monoisotopic (exact) mass is 564 g/mol. The van der Waals surface area contributed by atoms with Crippen molar-refractivity contribution >= 4 is 21.8 Å². The number of rotatable bonds is 9. The minimum Gasteiger partial charge on any atom is -0.496 e. The largest absolute Gasteiger partial charge is 0.496 e. The fourth-order valence-electron chi connectivity index (χ4n) is 6.59. The lowest BCUT2D eigenvalue weighted by atomic mass is 9.88. The number of ether oxygens (including phenoxy) is 5. The molecule has 1 aliphatic carbocycles. The fraction of sp³-hybridized carbons (Fsp3) is 0.306. The van der Waals surface area contributed by atoms with Crippen LogP contribution in [0.1, 0.15) is 37.3 Å². The van der Waals surface area contributed by atoms with Gasteiger partial charge < -0.3 is 23.7 Å². The normalized spacial score (nSPS) is 16.9. The van der Waals surface area contributed by atoms with Crippen molar-refractivity contribution in [2.75, 3.05) is 28.4 Å². The van der Waals surface area contributed by atoms with Gasteiger partial charge in [0.05, 0.1) is 51.4 Å². The van der Waals surface area contributed by atoms with Crippen molar-refractivity contribution in [3.63, 3.8) is 0 Å². The minimum absolute atomic E-state index is 0.0550. The Morgan fingerprint density at radius 2 is 1.10 bits per heavy atom. The zero-order valence-corrected chi connectivity index (χ0v) is 24.8. The molecule has 1 heterocycles. The van der Waals surface area contributed by atoms with Crippen molar-refractivity contribution in [3.8, 4) is 34.1 Å². The molecule has 216 valence electrons. The van der Waals surface area contributed by atoms with Crippen LogP contribution in [0.4, 0.5) is 0 Å². The topological polar surface area (TPSA) is 50.0 Å². The Kier molecular flexibility index (Phi) is 8.15. The molecule has 6 heteroatoms. The van der Waals surface area contributed by atoms with Gasteiger partial charge in [-0.25, -0.2) is 0 Å². The average molecular weight is 565 g/mol. The molecule has 0 N–H and O–H groups in total. The van der Waals surface area contributed by atoms with Crippen LogP contribution in [0.5, 0.6) is 23.0 Å². The number of nitrogens with zero attached hydrogens (tertiary/aromatic N) is 1. The standard InChI is InChI=1S/C36H38NO5/c1-38-29-19-10-16-26-33(29)36(35-31(40-3)21-12-22-32(35)41-4)34-27(17-11-20-30(34)39-2)37(26)25-15-8-9-18-28(25)42-23-24-13-6-5-7-14-24/h5-7,10-14,16-17,19-22,25,28H,8-9,15,18,23H2,1-4H3/q+1/t25-,28-/m0/s1. The summed E-state index contributed by atoms with van der Waals surface area (Å²) < 4.78 is 33.2. The molecule has 2 atom stereocenters. The van der Waals surface area contributed by atoms with Gasteiger partial charge in [0.1, 0.15) is 29.1 Å².